The average molecular weight is 281 g/mol. The topological polar surface area (TPSA) is 141 Å². The molecule has 0 fully saturated rings. The van der Waals surface area contributed by atoms with Crippen LogP contribution in [0.5, 0.6) is 0 Å². The molecule has 11 heteroatoms. The van der Waals surface area contributed by atoms with Crippen molar-refractivity contribution in [1.29, 1.82) is 0 Å². The molecule has 0 aliphatic carbocycles. The quantitative estimate of drug-likeness (QED) is 0.254. The molecule has 11 heavy (non-hydrogen) atoms. The third-order valence-corrected chi connectivity index (χ3v) is 0. The van der Waals surface area contributed by atoms with Gasteiger partial charge in [0, 0.05) is 36.5 Å². The summed E-state index contributed by atoms with van der Waals surface area (Å²) in [5, 5.41) is 14.8. The van der Waals surface area contributed by atoms with Gasteiger partial charge in [-0.05, 0) is 0 Å². The van der Waals surface area contributed by atoms with Crippen molar-refractivity contribution in [2.24, 2.45) is 0 Å². The Bertz CT molecular complexity index is 161. The maximum Gasteiger partial charge on any atom is 0.394 e. The fourth-order valence-electron chi connectivity index (χ4n) is 0. The monoisotopic (exact) mass is 280 g/mol. The van der Waals surface area contributed by atoms with Crippen molar-refractivity contribution < 1.29 is 59.2 Å². The van der Waals surface area contributed by atoms with Crippen molar-refractivity contribution >= 4 is 10.4 Å². The summed E-state index contributed by atoms with van der Waals surface area (Å²) in [5.74, 6) is 0. The predicted octanol–water partition coefficient (Wildman–Crippen LogP) is -0.897. The zero-order valence-electron chi connectivity index (χ0n) is 4.85. The second kappa shape index (κ2) is 10.2. The van der Waals surface area contributed by atoms with Gasteiger partial charge in [0.25, 0.3) is 0 Å². The van der Waals surface area contributed by atoms with Crippen molar-refractivity contribution in [2.75, 3.05) is 0 Å². The molecule has 0 atom stereocenters. The number of hydrogen-bond donors (Lipinski definition) is 2. The summed E-state index contributed by atoms with van der Waals surface area (Å²) < 4.78 is 31.6. The summed E-state index contributed by atoms with van der Waals surface area (Å²) in [7, 11) is -4.67. The number of hydrogen-bond acceptors (Lipinski definition) is 5. The van der Waals surface area contributed by atoms with E-state index in [1.165, 1.54) is 0 Å². The van der Waals surface area contributed by atoms with E-state index in [0.29, 0.717) is 0 Å². The third kappa shape index (κ3) is 15200. The van der Waals surface area contributed by atoms with Crippen LogP contribution in [0.15, 0.2) is 0 Å². The standard InChI is InChI=1S/Fe.NO3.H2O4S.Zn/c;2-1(3)4;1-5(2,3)4;/h;;(H2,1,2,3,4);/q;-1;;. The zero-order chi connectivity index (χ0) is 8.08. The van der Waals surface area contributed by atoms with Crippen molar-refractivity contribution in [3.05, 3.63) is 15.3 Å². The molecule has 0 aromatic rings. The Morgan fingerprint density at radius 1 is 1.18 bits per heavy atom. The number of nitrogens with zero attached hydrogens (tertiary/aromatic N) is 1. The molecular weight excluding hydrogens is 279 g/mol. The zero-order valence-corrected chi connectivity index (χ0v) is 9.74. The minimum atomic E-state index is -4.67. The first-order chi connectivity index (χ1) is 3.73. The van der Waals surface area contributed by atoms with Crippen LogP contribution in [0, 0.1) is 15.3 Å². The Kier molecular flexibility index (Phi) is 20.9. The molecular formula is H2FeNO7SZn-. The molecule has 0 aliphatic heterocycles. The van der Waals surface area contributed by atoms with Crippen LogP contribution in [-0.4, -0.2) is 22.6 Å². The van der Waals surface area contributed by atoms with Gasteiger partial charge < -0.3 is 15.3 Å². The van der Waals surface area contributed by atoms with E-state index in [0.717, 1.165) is 0 Å². The third-order valence-electron chi connectivity index (χ3n) is 0. The summed E-state index contributed by atoms with van der Waals surface area (Å²) in [6.07, 6.45) is 0. The molecule has 0 unspecified atom stereocenters. The van der Waals surface area contributed by atoms with Crippen molar-refractivity contribution in [2.45, 2.75) is 0 Å². The van der Waals surface area contributed by atoms with Crippen LogP contribution in [0.1, 0.15) is 0 Å². The van der Waals surface area contributed by atoms with Crippen LogP contribution in [0.25, 0.3) is 0 Å². The van der Waals surface area contributed by atoms with Crippen LogP contribution in [0.2, 0.25) is 0 Å². The van der Waals surface area contributed by atoms with Gasteiger partial charge in [-0.25, -0.2) is 0 Å². The molecule has 0 saturated carbocycles. The van der Waals surface area contributed by atoms with Crippen LogP contribution < -0.4 is 0 Å². The first-order valence-corrected chi connectivity index (χ1v) is 2.64. The molecule has 0 rings (SSSR count). The fraction of sp³-hybridized carbons (Fsp3) is 0. The molecule has 0 bridgehead atoms. The van der Waals surface area contributed by atoms with E-state index < -0.39 is 15.5 Å². The van der Waals surface area contributed by atoms with Gasteiger partial charge >= 0.3 is 10.4 Å². The molecule has 0 aliphatic rings. The Morgan fingerprint density at radius 3 is 1.18 bits per heavy atom. The van der Waals surface area contributed by atoms with Crippen LogP contribution in [0.4, 0.5) is 0 Å². The summed E-state index contributed by atoms with van der Waals surface area (Å²) >= 11 is 0. The van der Waals surface area contributed by atoms with Crippen LogP contribution >= 0.6 is 0 Å². The smallest absolute Gasteiger partial charge is 0.356 e. The van der Waals surface area contributed by atoms with E-state index in [1.54, 1.807) is 0 Å². The van der Waals surface area contributed by atoms with E-state index in [1.807, 2.05) is 0 Å². The van der Waals surface area contributed by atoms with Gasteiger partial charge in [0.1, 0.15) is 0 Å². The van der Waals surface area contributed by atoms with E-state index in [-0.39, 0.29) is 36.5 Å². The van der Waals surface area contributed by atoms with Gasteiger partial charge in [0.05, 0.1) is 5.09 Å². The first-order valence-electron chi connectivity index (χ1n) is 1.25. The largest absolute Gasteiger partial charge is 0.394 e. The Hall–Kier alpha value is 0.213. The summed E-state index contributed by atoms with van der Waals surface area (Å²) in [5.41, 5.74) is 0. The molecule has 0 saturated heterocycles. The van der Waals surface area contributed by atoms with Gasteiger partial charge in [-0.1, -0.05) is 0 Å². The molecule has 0 amide bonds. The van der Waals surface area contributed by atoms with Crippen molar-refractivity contribution in [3.63, 3.8) is 0 Å². The summed E-state index contributed by atoms with van der Waals surface area (Å²) in [4.78, 5) is 8.25. The minimum Gasteiger partial charge on any atom is -0.356 e. The molecule has 0 spiro atoms. The molecule has 0 aromatic heterocycles. The molecule has 0 aromatic carbocycles. The normalized spacial score (nSPS) is 7.45. The van der Waals surface area contributed by atoms with Gasteiger partial charge in [0.2, 0.25) is 0 Å². The first kappa shape index (κ1) is 22.5. The molecule has 0 heterocycles. The second-order valence-electron chi connectivity index (χ2n) is 0.671. The van der Waals surface area contributed by atoms with E-state index in [4.69, 9.17) is 32.8 Å². The maximum atomic E-state index is 8.74. The van der Waals surface area contributed by atoms with E-state index in [9.17, 15) is 0 Å². The SMILES string of the molecule is O=S(=O)(O)O.O=[N+]([O-])[O-].[Fe].[Zn]. The van der Waals surface area contributed by atoms with Gasteiger partial charge in [0.15, 0.2) is 0 Å². The maximum absolute atomic E-state index is 8.74. The van der Waals surface area contributed by atoms with Crippen molar-refractivity contribution in [1.82, 2.24) is 0 Å². The van der Waals surface area contributed by atoms with E-state index in [2.05, 4.69) is 0 Å². The molecule has 0 radical (unpaired) electrons. The van der Waals surface area contributed by atoms with Crippen LogP contribution in [-0.2, 0) is 46.9 Å². The second-order valence-corrected chi connectivity index (χ2v) is 1.57. The van der Waals surface area contributed by atoms with Crippen molar-refractivity contribution in [3.8, 4) is 0 Å². The average Bonchev–Trinajstić information content (AvgIpc) is 1.19. The Morgan fingerprint density at radius 2 is 1.18 bits per heavy atom. The predicted molar refractivity (Wildman–Crippen MR) is 24.5 cm³/mol. The minimum absolute atomic E-state index is 0. The fourth-order valence-corrected chi connectivity index (χ4v) is 0. The number of rotatable bonds is 0. The molecule has 2 N–H and O–H groups in total. The van der Waals surface area contributed by atoms with Gasteiger partial charge in [-0.2, -0.15) is 8.42 Å². The summed E-state index contributed by atoms with van der Waals surface area (Å²) in [6.45, 7) is 0. The van der Waals surface area contributed by atoms with Gasteiger partial charge in [-0.3, -0.25) is 9.11 Å². The molecule has 8 nitrogen and oxygen atoms in total. The molecule has 66 valence electrons. The summed E-state index contributed by atoms with van der Waals surface area (Å²) in [6, 6.07) is 0. The van der Waals surface area contributed by atoms with E-state index >= 15 is 0 Å². The van der Waals surface area contributed by atoms with Gasteiger partial charge in [-0.15, -0.1) is 0 Å². The Balaban J connectivity index is -0.0000000383. The Labute approximate surface area is 84.9 Å². The van der Waals surface area contributed by atoms with Crippen LogP contribution in [0.3, 0.4) is 0 Å².